The summed E-state index contributed by atoms with van der Waals surface area (Å²) in [6, 6.07) is 0. The fraction of sp³-hybridized carbons (Fsp3) is 0.429. The average molecular weight is 154 g/mol. The Morgan fingerprint density at radius 1 is 1.55 bits per heavy atom. The normalized spacial score (nSPS) is 22.6. The van der Waals surface area contributed by atoms with E-state index in [4.69, 9.17) is 18.1 Å². The summed E-state index contributed by atoms with van der Waals surface area (Å²) in [6.45, 7) is 0.782. The zero-order chi connectivity index (χ0) is 8.85. The molecule has 1 atom stereocenters. The number of hydrogen-bond acceptors (Lipinski definition) is 2. The molecule has 0 aliphatic carbocycles. The van der Waals surface area contributed by atoms with Crippen molar-refractivity contribution in [2.24, 2.45) is 0 Å². The zero-order valence-electron chi connectivity index (χ0n) is 6.83. The summed E-state index contributed by atoms with van der Waals surface area (Å²) in [5.41, 5.74) is 0.729. The lowest BCUT2D eigenvalue weighted by Gasteiger charge is -2.13. The lowest BCUT2D eigenvalue weighted by atomic mass is 9.93. The van der Waals surface area contributed by atoms with Crippen LogP contribution in [0.1, 0.15) is 0 Å². The number of hydrogen-bond donors (Lipinski definition) is 3. The second-order valence-corrected chi connectivity index (χ2v) is 2.31. The largest absolute Gasteiger partial charge is 0.503 e. The molecule has 0 aromatic rings. The monoisotopic (exact) mass is 154 g/mol. The van der Waals surface area contributed by atoms with E-state index in [1.54, 1.807) is 12.3 Å². The molecule has 2 radical (unpaired) electrons. The number of likely N-dealkylation sites (N-methyl/N-ethyl adjacent to an activating group) is 1. The molecule has 0 amide bonds. The summed E-state index contributed by atoms with van der Waals surface area (Å²) in [5.74, 6) is 0.260. The van der Waals surface area contributed by atoms with Crippen LogP contribution in [0, 0.1) is 0 Å². The number of aliphatic hydroxyl groups is 2. The van der Waals surface area contributed by atoms with Gasteiger partial charge in [-0.2, -0.15) is 0 Å². The van der Waals surface area contributed by atoms with Crippen LogP contribution < -0.4 is 4.90 Å². The van der Waals surface area contributed by atoms with E-state index in [1.807, 2.05) is 7.05 Å². The minimum atomic E-state index is 0.260. The predicted octanol–water partition coefficient (Wildman–Crippen LogP) is -1.42. The smallest absolute Gasteiger partial charge is 0.168 e. The van der Waals surface area contributed by atoms with Gasteiger partial charge in [-0.25, -0.2) is 0 Å². The molecule has 1 unspecified atom stereocenters. The summed E-state index contributed by atoms with van der Waals surface area (Å²) in [4.78, 5) is 1.10. The Bertz CT molecular complexity index is 177. The third-order valence-electron chi connectivity index (χ3n) is 1.21. The van der Waals surface area contributed by atoms with Gasteiger partial charge in [0.1, 0.15) is 14.0 Å². The first kappa shape index (κ1) is 10.3. The van der Waals surface area contributed by atoms with Gasteiger partial charge in [0.15, 0.2) is 5.76 Å². The van der Waals surface area contributed by atoms with Gasteiger partial charge < -0.3 is 15.1 Å². The SMILES string of the molecule is CO.[B]C1=CC(O)=C[NH+](C)C1. The first-order valence-electron chi connectivity index (χ1n) is 3.32. The van der Waals surface area contributed by atoms with E-state index in [2.05, 4.69) is 0 Å². The Hall–Kier alpha value is -0.735. The molecule has 0 spiro atoms. The maximum Gasteiger partial charge on any atom is 0.168 e. The molecule has 60 valence electrons. The number of allylic oxidation sites excluding steroid dienone is 1. The number of quaternary nitrogens is 1. The van der Waals surface area contributed by atoms with Gasteiger partial charge in [0.05, 0.1) is 13.6 Å². The predicted molar refractivity (Wildman–Crippen MR) is 44.4 cm³/mol. The van der Waals surface area contributed by atoms with Crippen molar-refractivity contribution >= 4 is 7.85 Å². The van der Waals surface area contributed by atoms with Crippen LogP contribution in [0.5, 0.6) is 0 Å². The van der Waals surface area contributed by atoms with Gasteiger partial charge in [0, 0.05) is 7.11 Å². The molecule has 1 aliphatic heterocycles. The maximum absolute atomic E-state index is 8.93. The van der Waals surface area contributed by atoms with E-state index in [0.717, 1.165) is 24.0 Å². The summed E-state index contributed by atoms with van der Waals surface area (Å²) in [6.07, 6.45) is 3.30. The average Bonchev–Trinajstić information content (AvgIpc) is 1.88. The zero-order valence-corrected chi connectivity index (χ0v) is 6.83. The Morgan fingerprint density at radius 3 is 2.45 bits per heavy atom. The second-order valence-electron chi connectivity index (χ2n) is 2.31. The van der Waals surface area contributed by atoms with E-state index in [0.29, 0.717) is 0 Å². The van der Waals surface area contributed by atoms with Crippen LogP contribution >= 0.6 is 0 Å². The van der Waals surface area contributed by atoms with Crippen LogP contribution in [-0.4, -0.2) is 38.8 Å². The number of aliphatic hydroxyl groups excluding tert-OH is 2. The molecule has 0 aromatic heterocycles. The molecule has 11 heavy (non-hydrogen) atoms. The lowest BCUT2D eigenvalue weighted by molar-refractivity contribution is -0.820. The van der Waals surface area contributed by atoms with Crippen LogP contribution in [0.4, 0.5) is 0 Å². The molecular weight excluding hydrogens is 141 g/mol. The molecule has 0 fully saturated rings. The third kappa shape index (κ3) is 3.85. The van der Waals surface area contributed by atoms with Gasteiger partial charge in [0.25, 0.3) is 0 Å². The van der Waals surface area contributed by atoms with Crippen molar-refractivity contribution in [3.05, 3.63) is 23.5 Å². The molecule has 4 heteroatoms. The second kappa shape index (κ2) is 4.99. The highest BCUT2D eigenvalue weighted by molar-refractivity contribution is 6.22. The van der Waals surface area contributed by atoms with Gasteiger partial charge in [-0.05, 0) is 6.08 Å². The van der Waals surface area contributed by atoms with E-state index >= 15 is 0 Å². The van der Waals surface area contributed by atoms with Crippen LogP contribution in [0.15, 0.2) is 23.5 Å². The molecule has 1 heterocycles. The molecule has 1 rings (SSSR count). The molecule has 3 N–H and O–H groups in total. The molecule has 0 saturated carbocycles. The van der Waals surface area contributed by atoms with Crippen molar-refractivity contribution in [2.75, 3.05) is 20.7 Å². The fourth-order valence-electron chi connectivity index (χ4n) is 0.908. The Kier molecular flexibility index (Phi) is 4.65. The third-order valence-corrected chi connectivity index (χ3v) is 1.21. The van der Waals surface area contributed by atoms with Crippen LogP contribution in [0.3, 0.4) is 0 Å². The first-order chi connectivity index (χ1) is 5.18. The van der Waals surface area contributed by atoms with Gasteiger partial charge in [0.2, 0.25) is 0 Å². The van der Waals surface area contributed by atoms with Crippen LogP contribution in [0.2, 0.25) is 0 Å². The first-order valence-corrected chi connectivity index (χ1v) is 3.32. The Morgan fingerprint density at radius 2 is 2.09 bits per heavy atom. The lowest BCUT2D eigenvalue weighted by Crippen LogP contribution is -3.05. The van der Waals surface area contributed by atoms with Gasteiger partial charge in [-0.3, -0.25) is 0 Å². The highest BCUT2D eigenvalue weighted by Gasteiger charge is 2.06. The number of nitrogens with one attached hydrogen (secondary N) is 1. The molecular formula is C7H13BNO2+. The van der Waals surface area contributed by atoms with E-state index in [1.165, 1.54) is 0 Å². The fourth-order valence-corrected chi connectivity index (χ4v) is 0.908. The summed E-state index contributed by atoms with van der Waals surface area (Å²) in [5, 5.41) is 15.9. The Balaban J connectivity index is 0.000000461. The highest BCUT2D eigenvalue weighted by Crippen LogP contribution is 1.95. The van der Waals surface area contributed by atoms with E-state index < -0.39 is 0 Å². The van der Waals surface area contributed by atoms with Crippen molar-refractivity contribution in [3.8, 4) is 0 Å². The number of rotatable bonds is 0. The van der Waals surface area contributed by atoms with Crippen molar-refractivity contribution in [1.82, 2.24) is 0 Å². The van der Waals surface area contributed by atoms with Crippen molar-refractivity contribution in [3.63, 3.8) is 0 Å². The van der Waals surface area contributed by atoms with Crippen molar-refractivity contribution < 1.29 is 15.1 Å². The minimum Gasteiger partial charge on any atom is -0.503 e. The molecule has 0 aromatic carbocycles. The van der Waals surface area contributed by atoms with Crippen molar-refractivity contribution in [2.45, 2.75) is 0 Å². The summed E-state index contributed by atoms with van der Waals surface area (Å²) >= 11 is 0. The summed E-state index contributed by atoms with van der Waals surface area (Å²) in [7, 11) is 8.40. The summed E-state index contributed by atoms with van der Waals surface area (Å²) < 4.78 is 0. The van der Waals surface area contributed by atoms with Gasteiger partial charge >= 0.3 is 0 Å². The standard InChI is InChI=1S/C6H8BNO.CH4O/c1-8-3-5(7)2-6(9)4-8;1-2/h2,4,9H,3H2,1H3;2H,1H3/p+1. The highest BCUT2D eigenvalue weighted by atomic mass is 16.3. The minimum absolute atomic E-state index is 0.260. The molecule has 1 aliphatic rings. The van der Waals surface area contributed by atoms with E-state index in [-0.39, 0.29) is 5.76 Å². The topological polar surface area (TPSA) is 44.9 Å². The Labute approximate surface area is 68.0 Å². The molecule has 0 saturated heterocycles. The molecule has 0 bridgehead atoms. The quantitative estimate of drug-likeness (QED) is 0.375. The molecule has 3 nitrogen and oxygen atoms in total. The maximum atomic E-state index is 8.93. The van der Waals surface area contributed by atoms with Gasteiger partial charge in [-0.15, -0.1) is 0 Å². The van der Waals surface area contributed by atoms with Crippen LogP contribution in [-0.2, 0) is 0 Å². The van der Waals surface area contributed by atoms with Crippen molar-refractivity contribution in [1.29, 1.82) is 0 Å². The van der Waals surface area contributed by atoms with Gasteiger partial charge in [-0.1, -0.05) is 5.47 Å². The van der Waals surface area contributed by atoms with E-state index in [9.17, 15) is 0 Å². The van der Waals surface area contributed by atoms with Crippen LogP contribution in [0.25, 0.3) is 0 Å².